The molecule has 2 aromatic heterocycles. The topological polar surface area (TPSA) is 63.8 Å². The third-order valence-electron chi connectivity index (χ3n) is 3.36. The molecular weight excluding hydrogens is 248 g/mol. The second-order valence-electron chi connectivity index (χ2n) is 4.81. The van der Waals surface area contributed by atoms with E-state index in [1.165, 1.54) is 0 Å². The predicted octanol–water partition coefficient (Wildman–Crippen LogP) is 2.49. The molecule has 0 radical (unpaired) electrons. The molecule has 3 aromatic rings. The first-order valence-corrected chi connectivity index (χ1v) is 6.51. The Hall–Kier alpha value is -2.30. The van der Waals surface area contributed by atoms with Crippen LogP contribution in [0.15, 0.2) is 54.9 Å². The van der Waals surface area contributed by atoms with E-state index < -0.39 is 0 Å². The lowest BCUT2D eigenvalue weighted by Gasteiger charge is -2.16. The number of rotatable bonds is 3. The number of benzene rings is 1. The fraction of sp³-hybridized carbons (Fsp3) is 0.125. The maximum absolute atomic E-state index is 5.73. The molecule has 0 saturated carbocycles. The molecule has 1 atom stereocenters. The SMILES string of the molecule is Cc1ccnc(C(NN)c2ccc3ncccc3c2)c1. The van der Waals surface area contributed by atoms with Crippen LogP contribution in [-0.2, 0) is 0 Å². The van der Waals surface area contributed by atoms with Gasteiger partial charge in [0.25, 0.3) is 0 Å². The molecule has 100 valence electrons. The zero-order chi connectivity index (χ0) is 13.9. The molecule has 0 aliphatic rings. The Morgan fingerprint density at radius 1 is 1.05 bits per heavy atom. The van der Waals surface area contributed by atoms with E-state index in [0.717, 1.165) is 27.7 Å². The summed E-state index contributed by atoms with van der Waals surface area (Å²) < 4.78 is 0. The summed E-state index contributed by atoms with van der Waals surface area (Å²) in [4.78, 5) is 8.74. The minimum absolute atomic E-state index is 0.125. The summed E-state index contributed by atoms with van der Waals surface area (Å²) in [6, 6.07) is 14.0. The molecule has 1 aromatic carbocycles. The third-order valence-corrected chi connectivity index (χ3v) is 3.36. The molecule has 20 heavy (non-hydrogen) atoms. The maximum atomic E-state index is 5.73. The van der Waals surface area contributed by atoms with Gasteiger partial charge in [-0.25, -0.2) is 5.43 Å². The minimum atomic E-state index is -0.125. The Bertz CT molecular complexity index is 739. The average molecular weight is 264 g/mol. The number of aryl methyl sites for hydroxylation is 1. The number of hydrogen-bond acceptors (Lipinski definition) is 4. The van der Waals surface area contributed by atoms with Gasteiger partial charge in [-0.3, -0.25) is 15.8 Å². The van der Waals surface area contributed by atoms with Crippen molar-refractivity contribution in [1.82, 2.24) is 15.4 Å². The number of fused-ring (bicyclic) bond motifs is 1. The average Bonchev–Trinajstić information content (AvgIpc) is 2.48. The zero-order valence-corrected chi connectivity index (χ0v) is 11.2. The number of hydrogen-bond donors (Lipinski definition) is 2. The van der Waals surface area contributed by atoms with Gasteiger partial charge in [-0.05, 0) is 48.4 Å². The van der Waals surface area contributed by atoms with E-state index in [4.69, 9.17) is 5.84 Å². The van der Waals surface area contributed by atoms with Crippen molar-refractivity contribution in [3.05, 3.63) is 71.7 Å². The molecule has 3 rings (SSSR count). The van der Waals surface area contributed by atoms with E-state index in [-0.39, 0.29) is 6.04 Å². The van der Waals surface area contributed by atoms with E-state index in [2.05, 4.69) is 21.5 Å². The summed E-state index contributed by atoms with van der Waals surface area (Å²) in [5.74, 6) is 5.73. The van der Waals surface area contributed by atoms with Gasteiger partial charge in [-0.2, -0.15) is 0 Å². The summed E-state index contributed by atoms with van der Waals surface area (Å²) in [7, 11) is 0. The number of nitrogens with one attached hydrogen (secondary N) is 1. The van der Waals surface area contributed by atoms with Gasteiger partial charge in [0, 0.05) is 17.8 Å². The number of aromatic nitrogens is 2. The van der Waals surface area contributed by atoms with Gasteiger partial charge in [0.1, 0.15) is 0 Å². The highest BCUT2D eigenvalue weighted by Crippen LogP contribution is 2.23. The first-order valence-electron chi connectivity index (χ1n) is 6.51. The highest BCUT2D eigenvalue weighted by molar-refractivity contribution is 5.79. The molecule has 0 fully saturated rings. The number of hydrazine groups is 1. The molecule has 0 spiro atoms. The monoisotopic (exact) mass is 264 g/mol. The fourth-order valence-electron chi connectivity index (χ4n) is 2.34. The zero-order valence-electron chi connectivity index (χ0n) is 11.2. The Kier molecular flexibility index (Phi) is 3.41. The highest BCUT2D eigenvalue weighted by atomic mass is 15.2. The lowest BCUT2D eigenvalue weighted by molar-refractivity contribution is 0.621. The Morgan fingerprint density at radius 2 is 1.95 bits per heavy atom. The van der Waals surface area contributed by atoms with Crippen LogP contribution in [0.4, 0.5) is 0 Å². The number of pyridine rings is 2. The second-order valence-corrected chi connectivity index (χ2v) is 4.81. The molecular formula is C16H16N4. The normalized spacial score (nSPS) is 12.5. The third kappa shape index (κ3) is 2.39. The molecule has 0 saturated heterocycles. The first kappa shape index (κ1) is 12.7. The van der Waals surface area contributed by atoms with Crippen LogP contribution in [0.2, 0.25) is 0 Å². The highest BCUT2D eigenvalue weighted by Gasteiger charge is 2.14. The van der Waals surface area contributed by atoms with Crippen molar-refractivity contribution < 1.29 is 0 Å². The minimum Gasteiger partial charge on any atom is -0.271 e. The Balaban J connectivity index is 2.07. The van der Waals surface area contributed by atoms with Gasteiger partial charge in [0.2, 0.25) is 0 Å². The summed E-state index contributed by atoms with van der Waals surface area (Å²) in [5.41, 5.74) is 6.97. The molecule has 0 bridgehead atoms. The summed E-state index contributed by atoms with van der Waals surface area (Å²) >= 11 is 0. The van der Waals surface area contributed by atoms with Crippen LogP contribution in [0.25, 0.3) is 10.9 Å². The van der Waals surface area contributed by atoms with Gasteiger partial charge < -0.3 is 0 Å². The van der Waals surface area contributed by atoms with E-state index in [1.54, 1.807) is 12.4 Å². The number of nitrogens with zero attached hydrogens (tertiary/aromatic N) is 2. The summed E-state index contributed by atoms with van der Waals surface area (Å²) in [6.45, 7) is 2.04. The van der Waals surface area contributed by atoms with E-state index in [0.29, 0.717) is 0 Å². The standard InChI is InChI=1S/C16H16N4/c1-11-6-8-19-15(9-11)16(20-17)13-4-5-14-12(10-13)3-2-7-18-14/h2-10,16,20H,17H2,1H3. The second kappa shape index (κ2) is 5.36. The molecule has 3 N–H and O–H groups in total. The molecule has 0 aliphatic heterocycles. The molecule has 0 amide bonds. The van der Waals surface area contributed by atoms with E-state index in [9.17, 15) is 0 Å². The van der Waals surface area contributed by atoms with E-state index in [1.807, 2.05) is 43.3 Å². The van der Waals surface area contributed by atoms with Crippen LogP contribution < -0.4 is 11.3 Å². The predicted molar refractivity (Wildman–Crippen MR) is 79.9 cm³/mol. The van der Waals surface area contributed by atoms with Crippen LogP contribution in [0, 0.1) is 6.92 Å². The van der Waals surface area contributed by atoms with Crippen LogP contribution >= 0.6 is 0 Å². The van der Waals surface area contributed by atoms with Gasteiger partial charge in [-0.1, -0.05) is 12.1 Å². The molecule has 4 nitrogen and oxygen atoms in total. The van der Waals surface area contributed by atoms with Crippen molar-refractivity contribution in [3.63, 3.8) is 0 Å². The van der Waals surface area contributed by atoms with Crippen LogP contribution in [0.5, 0.6) is 0 Å². The van der Waals surface area contributed by atoms with Crippen LogP contribution in [0.3, 0.4) is 0 Å². The van der Waals surface area contributed by atoms with Crippen molar-refractivity contribution in [2.75, 3.05) is 0 Å². The van der Waals surface area contributed by atoms with Gasteiger partial charge in [0.05, 0.1) is 17.3 Å². The molecule has 1 unspecified atom stereocenters. The molecule has 0 aliphatic carbocycles. The smallest absolute Gasteiger partial charge is 0.0881 e. The van der Waals surface area contributed by atoms with Crippen molar-refractivity contribution in [2.24, 2.45) is 5.84 Å². The van der Waals surface area contributed by atoms with Crippen LogP contribution in [-0.4, -0.2) is 9.97 Å². The number of nitrogens with two attached hydrogens (primary N) is 1. The first-order chi connectivity index (χ1) is 9.78. The van der Waals surface area contributed by atoms with Gasteiger partial charge in [-0.15, -0.1) is 0 Å². The van der Waals surface area contributed by atoms with Crippen molar-refractivity contribution in [3.8, 4) is 0 Å². The van der Waals surface area contributed by atoms with Crippen LogP contribution in [0.1, 0.15) is 22.9 Å². The Labute approximate surface area is 117 Å². The quantitative estimate of drug-likeness (QED) is 0.563. The largest absolute Gasteiger partial charge is 0.271 e. The van der Waals surface area contributed by atoms with Crippen molar-refractivity contribution in [2.45, 2.75) is 13.0 Å². The Morgan fingerprint density at radius 3 is 2.75 bits per heavy atom. The summed E-state index contributed by atoms with van der Waals surface area (Å²) in [6.07, 6.45) is 3.60. The fourth-order valence-corrected chi connectivity index (χ4v) is 2.34. The lowest BCUT2D eigenvalue weighted by Crippen LogP contribution is -2.29. The lowest BCUT2D eigenvalue weighted by atomic mass is 10.0. The van der Waals surface area contributed by atoms with Gasteiger partial charge in [0.15, 0.2) is 0 Å². The maximum Gasteiger partial charge on any atom is 0.0881 e. The molecule has 4 heteroatoms. The van der Waals surface area contributed by atoms with Gasteiger partial charge >= 0.3 is 0 Å². The van der Waals surface area contributed by atoms with Crippen molar-refractivity contribution >= 4 is 10.9 Å². The summed E-state index contributed by atoms with van der Waals surface area (Å²) in [5, 5.41) is 1.10. The van der Waals surface area contributed by atoms with E-state index >= 15 is 0 Å². The van der Waals surface area contributed by atoms with Crippen molar-refractivity contribution in [1.29, 1.82) is 0 Å². The molecule has 2 heterocycles.